The van der Waals surface area contributed by atoms with Gasteiger partial charge in [-0.15, -0.1) is 0 Å². The molecule has 0 aromatic carbocycles. The molecule has 0 amide bonds. The first-order chi connectivity index (χ1) is 6.46. The molecular formula is C11H21F2N. The Labute approximate surface area is 85.1 Å². The van der Waals surface area contributed by atoms with Crippen molar-refractivity contribution in [3.05, 3.63) is 0 Å². The van der Waals surface area contributed by atoms with E-state index < -0.39 is 12.0 Å². The normalized spacial score (nSPS) is 34.9. The number of hydrogen-bond donors (Lipinski definition) is 1. The second kappa shape index (κ2) is 4.56. The highest BCUT2D eigenvalue weighted by atomic mass is 19.3. The lowest BCUT2D eigenvalue weighted by molar-refractivity contribution is 0.0435. The maximum absolute atomic E-state index is 12.7. The van der Waals surface area contributed by atoms with Crippen LogP contribution >= 0.6 is 0 Å². The van der Waals surface area contributed by atoms with Crippen molar-refractivity contribution in [2.24, 2.45) is 17.6 Å². The maximum Gasteiger partial charge on any atom is 0.256 e. The zero-order chi connectivity index (χ0) is 10.8. The van der Waals surface area contributed by atoms with Gasteiger partial charge in [0.15, 0.2) is 0 Å². The number of rotatable bonds is 2. The minimum absolute atomic E-state index is 0.480. The molecule has 2 atom stereocenters. The van der Waals surface area contributed by atoms with E-state index >= 15 is 0 Å². The highest BCUT2D eigenvalue weighted by Crippen LogP contribution is 2.35. The van der Waals surface area contributed by atoms with Crippen molar-refractivity contribution in [3.8, 4) is 0 Å². The Kier molecular flexibility index (Phi) is 3.87. The van der Waals surface area contributed by atoms with Gasteiger partial charge < -0.3 is 5.73 Å². The molecule has 0 heterocycles. The highest BCUT2D eigenvalue weighted by molar-refractivity contribution is 4.90. The first-order valence-corrected chi connectivity index (χ1v) is 5.53. The minimum atomic E-state index is -2.37. The van der Waals surface area contributed by atoms with E-state index in [1.807, 2.05) is 0 Å². The van der Waals surface area contributed by atoms with Crippen molar-refractivity contribution in [1.82, 2.24) is 0 Å². The van der Waals surface area contributed by atoms with Gasteiger partial charge in [-0.3, -0.25) is 0 Å². The molecule has 3 heteroatoms. The molecule has 1 rings (SSSR count). The van der Waals surface area contributed by atoms with Gasteiger partial charge in [-0.25, -0.2) is 8.78 Å². The maximum atomic E-state index is 12.7. The average molecular weight is 205 g/mol. The van der Waals surface area contributed by atoms with Gasteiger partial charge in [-0.1, -0.05) is 26.7 Å². The number of halogens is 2. The Hall–Kier alpha value is -0.180. The fraction of sp³-hybridized carbons (Fsp3) is 1.00. The molecule has 0 aliphatic heterocycles. The van der Waals surface area contributed by atoms with Crippen LogP contribution in [0, 0.1) is 11.8 Å². The number of nitrogens with two attached hydrogens (primary N) is 1. The fourth-order valence-electron chi connectivity index (χ4n) is 2.30. The van der Waals surface area contributed by atoms with Crippen molar-refractivity contribution in [2.75, 3.05) is 0 Å². The molecule has 0 aromatic rings. The van der Waals surface area contributed by atoms with Crippen LogP contribution in [0.3, 0.4) is 0 Å². The molecule has 1 aliphatic carbocycles. The zero-order valence-corrected chi connectivity index (χ0v) is 9.10. The molecule has 1 saturated carbocycles. The molecule has 1 fully saturated rings. The van der Waals surface area contributed by atoms with Gasteiger partial charge in [0.25, 0.3) is 6.43 Å². The largest absolute Gasteiger partial charge is 0.320 e. The van der Waals surface area contributed by atoms with Gasteiger partial charge in [0.2, 0.25) is 0 Å². The third-order valence-corrected chi connectivity index (χ3v) is 3.58. The quantitative estimate of drug-likeness (QED) is 0.688. The van der Waals surface area contributed by atoms with Crippen LogP contribution in [0.5, 0.6) is 0 Å². The zero-order valence-electron chi connectivity index (χ0n) is 9.10. The van der Waals surface area contributed by atoms with Crippen LogP contribution in [0.25, 0.3) is 0 Å². The van der Waals surface area contributed by atoms with E-state index in [0.29, 0.717) is 24.7 Å². The second-order valence-electron chi connectivity index (χ2n) is 4.97. The third kappa shape index (κ3) is 2.66. The van der Waals surface area contributed by atoms with Crippen molar-refractivity contribution in [2.45, 2.75) is 57.9 Å². The third-order valence-electron chi connectivity index (χ3n) is 3.58. The van der Waals surface area contributed by atoms with Crippen LogP contribution in [0.15, 0.2) is 0 Å². The Balaban J connectivity index is 2.56. The summed E-state index contributed by atoms with van der Waals surface area (Å²) in [5.41, 5.74) is 4.51. The summed E-state index contributed by atoms with van der Waals surface area (Å²) < 4.78 is 25.4. The second-order valence-corrected chi connectivity index (χ2v) is 4.97. The topological polar surface area (TPSA) is 26.0 Å². The van der Waals surface area contributed by atoms with E-state index in [9.17, 15) is 8.78 Å². The van der Waals surface area contributed by atoms with E-state index in [1.165, 1.54) is 0 Å². The van der Waals surface area contributed by atoms with Gasteiger partial charge in [0, 0.05) is 0 Å². The summed E-state index contributed by atoms with van der Waals surface area (Å²) in [6, 6.07) is 0. The molecular weight excluding hydrogens is 184 g/mol. The van der Waals surface area contributed by atoms with E-state index in [2.05, 4.69) is 13.8 Å². The Morgan fingerprint density at radius 1 is 1.21 bits per heavy atom. The minimum Gasteiger partial charge on any atom is -0.320 e. The lowest BCUT2D eigenvalue weighted by atomic mass is 9.87. The SMILES string of the molecule is CC(C)C1CCCC(N)(C(F)F)CC1. The molecule has 0 spiro atoms. The summed E-state index contributed by atoms with van der Waals surface area (Å²) >= 11 is 0. The van der Waals surface area contributed by atoms with Crippen LogP contribution in [0.1, 0.15) is 46.0 Å². The Bertz CT molecular complexity index is 182. The Morgan fingerprint density at radius 3 is 2.36 bits per heavy atom. The highest BCUT2D eigenvalue weighted by Gasteiger charge is 2.37. The van der Waals surface area contributed by atoms with Crippen molar-refractivity contribution >= 4 is 0 Å². The molecule has 84 valence electrons. The monoisotopic (exact) mass is 205 g/mol. The predicted octanol–water partition coefficient (Wildman–Crippen LogP) is 3.19. The predicted molar refractivity (Wildman–Crippen MR) is 54.3 cm³/mol. The summed E-state index contributed by atoms with van der Waals surface area (Å²) in [5, 5.41) is 0. The average Bonchev–Trinajstić information content (AvgIpc) is 2.28. The molecule has 2 N–H and O–H groups in total. The van der Waals surface area contributed by atoms with E-state index in [1.54, 1.807) is 0 Å². The van der Waals surface area contributed by atoms with Gasteiger partial charge in [-0.2, -0.15) is 0 Å². The van der Waals surface area contributed by atoms with Crippen molar-refractivity contribution in [3.63, 3.8) is 0 Å². The first kappa shape index (κ1) is 11.9. The smallest absolute Gasteiger partial charge is 0.256 e. The van der Waals surface area contributed by atoms with Crippen LogP contribution in [-0.2, 0) is 0 Å². The van der Waals surface area contributed by atoms with Crippen LogP contribution in [-0.4, -0.2) is 12.0 Å². The van der Waals surface area contributed by atoms with Crippen molar-refractivity contribution < 1.29 is 8.78 Å². The van der Waals surface area contributed by atoms with Gasteiger partial charge in [0.1, 0.15) is 0 Å². The fourth-order valence-corrected chi connectivity index (χ4v) is 2.30. The van der Waals surface area contributed by atoms with Gasteiger partial charge in [0.05, 0.1) is 5.54 Å². The lowest BCUT2D eigenvalue weighted by Gasteiger charge is -2.27. The van der Waals surface area contributed by atoms with Gasteiger partial charge >= 0.3 is 0 Å². The lowest BCUT2D eigenvalue weighted by Crippen LogP contribution is -2.46. The summed E-state index contributed by atoms with van der Waals surface area (Å²) in [6.07, 6.45) is 1.36. The van der Waals surface area contributed by atoms with Crippen LogP contribution in [0.2, 0.25) is 0 Å². The van der Waals surface area contributed by atoms with Gasteiger partial charge in [-0.05, 0) is 31.1 Å². The van der Waals surface area contributed by atoms with E-state index in [4.69, 9.17) is 5.73 Å². The molecule has 0 radical (unpaired) electrons. The molecule has 0 aromatic heterocycles. The number of alkyl halides is 2. The van der Waals surface area contributed by atoms with Crippen LogP contribution < -0.4 is 5.73 Å². The van der Waals surface area contributed by atoms with Crippen molar-refractivity contribution in [1.29, 1.82) is 0 Å². The standard InChI is InChI=1S/C11H21F2N/c1-8(2)9-4-3-6-11(14,7-5-9)10(12)13/h8-10H,3-7,14H2,1-2H3. The molecule has 0 bridgehead atoms. The molecule has 1 aliphatic rings. The molecule has 0 saturated heterocycles. The summed E-state index contributed by atoms with van der Waals surface area (Å²) in [5.74, 6) is 1.18. The summed E-state index contributed by atoms with van der Waals surface area (Å²) in [4.78, 5) is 0. The summed E-state index contributed by atoms with van der Waals surface area (Å²) in [6.45, 7) is 4.33. The molecule has 2 unspecified atom stereocenters. The Morgan fingerprint density at radius 2 is 1.86 bits per heavy atom. The first-order valence-electron chi connectivity index (χ1n) is 5.53. The summed E-state index contributed by atoms with van der Waals surface area (Å²) in [7, 11) is 0. The number of hydrogen-bond acceptors (Lipinski definition) is 1. The van der Waals surface area contributed by atoms with Crippen LogP contribution in [0.4, 0.5) is 8.78 Å². The van der Waals surface area contributed by atoms with E-state index in [0.717, 1.165) is 19.3 Å². The molecule has 14 heavy (non-hydrogen) atoms. The molecule has 1 nitrogen and oxygen atoms in total. The van der Waals surface area contributed by atoms with E-state index in [-0.39, 0.29) is 0 Å².